The quantitative estimate of drug-likeness (QED) is 0.759. The van der Waals surface area contributed by atoms with Gasteiger partial charge in [-0.05, 0) is 5.41 Å². The van der Waals surface area contributed by atoms with Crippen LogP contribution in [-0.4, -0.2) is 23.3 Å². The third kappa shape index (κ3) is 4.56. The standard InChI is InChI=1S/C12H22O3/c1-8(2)11(15)10(12(3,4)5)6-9(14)7-13/h8,10,13H,6-7H2,1-5H3. The van der Waals surface area contributed by atoms with Gasteiger partial charge in [-0.3, -0.25) is 9.59 Å². The minimum Gasteiger partial charge on any atom is -0.389 e. The zero-order valence-electron chi connectivity index (χ0n) is 10.3. The molecule has 0 aromatic rings. The fourth-order valence-electron chi connectivity index (χ4n) is 1.53. The number of carbonyl (C=O) groups excluding carboxylic acids is 2. The van der Waals surface area contributed by atoms with Crippen LogP contribution < -0.4 is 0 Å². The number of hydrogen-bond acceptors (Lipinski definition) is 3. The maximum absolute atomic E-state index is 11.9. The molecule has 0 fully saturated rings. The Labute approximate surface area is 91.9 Å². The van der Waals surface area contributed by atoms with Crippen LogP contribution in [0.1, 0.15) is 41.0 Å². The molecule has 0 bridgehead atoms. The topological polar surface area (TPSA) is 54.4 Å². The highest BCUT2D eigenvalue weighted by atomic mass is 16.3. The molecule has 0 radical (unpaired) electrons. The molecule has 1 unspecified atom stereocenters. The summed E-state index contributed by atoms with van der Waals surface area (Å²) < 4.78 is 0. The summed E-state index contributed by atoms with van der Waals surface area (Å²) in [4.78, 5) is 23.1. The average molecular weight is 214 g/mol. The summed E-state index contributed by atoms with van der Waals surface area (Å²) in [5.74, 6) is -0.522. The number of Topliss-reactive ketones (excluding diaryl/α,β-unsaturated/α-hetero) is 2. The van der Waals surface area contributed by atoms with E-state index in [9.17, 15) is 9.59 Å². The van der Waals surface area contributed by atoms with Gasteiger partial charge in [-0.25, -0.2) is 0 Å². The van der Waals surface area contributed by atoms with E-state index in [1.807, 2.05) is 34.6 Å². The highest BCUT2D eigenvalue weighted by molar-refractivity contribution is 5.89. The summed E-state index contributed by atoms with van der Waals surface area (Å²) in [5, 5.41) is 8.71. The van der Waals surface area contributed by atoms with Gasteiger partial charge >= 0.3 is 0 Å². The van der Waals surface area contributed by atoms with E-state index in [1.165, 1.54) is 0 Å². The van der Waals surface area contributed by atoms with Gasteiger partial charge in [0.2, 0.25) is 0 Å². The molecule has 0 amide bonds. The van der Waals surface area contributed by atoms with Gasteiger partial charge in [-0.1, -0.05) is 34.6 Å². The van der Waals surface area contributed by atoms with Crippen molar-refractivity contribution in [1.82, 2.24) is 0 Å². The molecule has 3 heteroatoms. The van der Waals surface area contributed by atoms with Crippen LogP contribution in [-0.2, 0) is 9.59 Å². The second-order valence-corrected chi connectivity index (χ2v) is 5.38. The predicted molar refractivity (Wildman–Crippen MR) is 59.5 cm³/mol. The number of rotatable bonds is 5. The zero-order valence-corrected chi connectivity index (χ0v) is 10.3. The molecule has 15 heavy (non-hydrogen) atoms. The van der Waals surface area contributed by atoms with E-state index in [1.54, 1.807) is 0 Å². The van der Waals surface area contributed by atoms with Crippen LogP contribution >= 0.6 is 0 Å². The molecule has 88 valence electrons. The molecule has 0 aliphatic heterocycles. The molecule has 0 rings (SSSR count). The van der Waals surface area contributed by atoms with E-state index in [-0.39, 0.29) is 35.2 Å². The first-order chi connectivity index (χ1) is 6.70. The van der Waals surface area contributed by atoms with E-state index < -0.39 is 6.61 Å². The summed E-state index contributed by atoms with van der Waals surface area (Å²) in [7, 11) is 0. The molecule has 3 nitrogen and oxygen atoms in total. The summed E-state index contributed by atoms with van der Waals surface area (Å²) in [6.45, 7) is 9.04. The Morgan fingerprint density at radius 3 is 1.93 bits per heavy atom. The van der Waals surface area contributed by atoms with Gasteiger partial charge in [0, 0.05) is 18.3 Å². The summed E-state index contributed by atoms with van der Waals surface area (Å²) >= 11 is 0. The van der Waals surface area contributed by atoms with Crippen molar-refractivity contribution >= 4 is 11.6 Å². The predicted octanol–water partition coefficient (Wildman–Crippen LogP) is 1.83. The molecule has 0 saturated heterocycles. The maximum atomic E-state index is 11.9. The van der Waals surface area contributed by atoms with Crippen LogP contribution in [0, 0.1) is 17.3 Å². The molecule has 1 atom stereocenters. The Bertz CT molecular complexity index is 236. The Morgan fingerprint density at radius 2 is 1.67 bits per heavy atom. The zero-order chi connectivity index (χ0) is 12.2. The van der Waals surface area contributed by atoms with Gasteiger partial charge in [-0.2, -0.15) is 0 Å². The SMILES string of the molecule is CC(C)C(=O)C(CC(=O)CO)C(C)(C)C. The number of aliphatic hydroxyl groups excluding tert-OH is 1. The van der Waals surface area contributed by atoms with Gasteiger partial charge in [-0.15, -0.1) is 0 Å². The lowest BCUT2D eigenvalue weighted by atomic mass is 9.73. The first kappa shape index (κ1) is 14.3. The second kappa shape index (κ2) is 5.40. The smallest absolute Gasteiger partial charge is 0.158 e. The van der Waals surface area contributed by atoms with Gasteiger partial charge < -0.3 is 5.11 Å². The van der Waals surface area contributed by atoms with Crippen LogP contribution in [0.15, 0.2) is 0 Å². The Balaban J connectivity index is 4.75. The monoisotopic (exact) mass is 214 g/mol. The number of carbonyl (C=O) groups is 2. The number of ketones is 2. The largest absolute Gasteiger partial charge is 0.389 e. The van der Waals surface area contributed by atoms with Crippen molar-refractivity contribution in [2.75, 3.05) is 6.61 Å². The van der Waals surface area contributed by atoms with Crippen LogP contribution in [0.5, 0.6) is 0 Å². The highest BCUT2D eigenvalue weighted by Gasteiger charge is 2.33. The lowest BCUT2D eigenvalue weighted by Gasteiger charge is -2.30. The lowest BCUT2D eigenvalue weighted by molar-refractivity contribution is -0.134. The highest BCUT2D eigenvalue weighted by Crippen LogP contribution is 2.31. The van der Waals surface area contributed by atoms with Crippen LogP contribution in [0.25, 0.3) is 0 Å². The molecule has 0 saturated carbocycles. The van der Waals surface area contributed by atoms with Crippen molar-refractivity contribution in [1.29, 1.82) is 0 Å². The Morgan fingerprint density at radius 1 is 1.20 bits per heavy atom. The molecule has 0 heterocycles. The molecule has 0 aliphatic rings. The molecule has 0 aromatic heterocycles. The van der Waals surface area contributed by atoms with E-state index in [0.29, 0.717) is 0 Å². The van der Waals surface area contributed by atoms with E-state index in [0.717, 1.165) is 0 Å². The third-order valence-corrected chi connectivity index (χ3v) is 2.57. The molecule has 1 N–H and O–H groups in total. The summed E-state index contributed by atoms with van der Waals surface area (Å²) in [5.41, 5.74) is -0.230. The van der Waals surface area contributed by atoms with Gasteiger partial charge in [0.15, 0.2) is 5.78 Å². The van der Waals surface area contributed by atoms with Crippen LogP contribution in [0.3, 0.4) is 0 Å². The fourth-order valence-corrected chi connectivity index (χ4v) is 1.53. The van der Waals surface area contributed by atoms with Crippen molar-refractivity contribution in [2.24, 2.45) is 17.3 Å². The third-order valence-electron chi connectivity index (χ3n) is 2.57. The van der Waals surface area contributed by atoms with Gasteiger partial charge in [0.05, 0.1) is 0 Å². The van der Waals surface area contributed by atoms with E-state index in [4.69, 9.17) is 5.11 Å². The second-order valence-electron chi connectivity index (χ2n) is 5.38. The normalized spacial score (nSPS) is 14.1. The van der Waals surface area contributed by atoms with Crippen molar-refractivity contribution in [3.63, 3.8) is 0 Å². The minimum absolute atomic E-state index is 0.0688. The molecule has 0 aromatic carbocycles. The molecular weight excluding hydrogens is 192 g/mol. The van der Waals surface area contributed by atoms with Crippen molar-refractivity contribution in [2.45, 2.75) is 41.0 Å². The molecular formula is C12H22O3. The molecule has 0 aliphatic carbocycles. The summed E-state index contributed by atoms with van der Waals surface area (Å²) in [6, 6.07) is 0. The first-order valence-corrected chi connectivity index (χ1v) is 5.36. The lowest BCUT2D eigenvalue weighted by Crippen LogP contribution is -2.34. The van der Waals surface area contributed by atoms with Crippen molar-refractivity contribution in [3.8, 4) is 0 Å². The Kier molecular flexibility index (Phi) is 5.15. The minimum atomic E-state index is -0.474. The van der Waals surface area contributed by atoms with Crippen LogP contribution in [0.2, 0.25) is 0 Å². The number of aliphatic hydroxyl groups is 1. The summed E-state index contributed by atoms with van der Waals surface area (Å²) in [6.07, 6.45) is 0.150. The van der Waals surface area contributed by atoms with E-state index in [2.05, 4.69) is 0 Å². The number of hydrogen-bond donors (Lipinski definition) is 1. The maximum Gasteiger partial charge on any atom is 0.158 e. The van der Waals surface area contributed by atoms with Crippen LogP contribution in [0.4, 0.5) is 0 Å². The average Bonchev–Trinajstić information content (AvgIpc) is 2.10. The van der Waals surface area contributed by atoms with E-state index >= 15 is 0 Å². The van der Waals surface area contributed by atoms with Crippen molar-refractivity contribution < 1.29 is 14.7 Å². The van der Waals surface area contributed by atoms with Crippen molar-refractivity contribution in [3.05, 3.63) is 0 Å². The van der Waals surface area contributed by atoms with Gasteiger partial charge in [0.1, 0.15) is 12.4 Å². The molecule has 0 spiro atoms. The van der Waals surface area contributed by atoms with Gasteiger partial charge in [0.25, 0.3) is 0 Å². The Hall–Kier alpha value is -0.700. The first-order valence-electron chi connectivity index (χ1n) is 5.36. The fraction of sp³-hybridized carbons (Fsp3) is 0.833.